The molecule has 2 fully saturated rings. The van der Waals surface area contributed by atoms with Gasteiger partial charge in [0.15, 0.2) is 11.9 Å². The van der Waals surface area contributed by atoms with Gasteiger partial charge in [0.1, 0.15) is 48.1 Å². The van der Waals surface area contributed by atoms with Gasteiger partial charge in [-0.05, 0) is 70.7 Å². The van der Waals surface area contributed by atoms with E-state index >= 15 is 0 Å². The number of nitrogens with zero attached hydrogens (tertiary/aromatic N) is 5. The van der Waals surface area contributed by atoms with E-state index in [-0.39, 0.29) is 11.9 Å². The number of imidazole rings is 1. The molecule has 1 saturated carbocycles. The van der Waals surface area contributed by atoms with Crippen LogP contribution in [0.1, 0.15) is 57.9 Å². The number of hydrogen-bond donors (Lipinski definition) is 3. The molecule has 0 bridgehead atoms. The zero-order valence-corrected chi connectivity index (χ0v) is 26.1. The summed E-state index contributed by atoms with van der Waals surface area (Å²) in [6, 6.07) is 7.52. The Hall–Kier alpha value is -3.52. The van der Waals surface area contributed by atoms with Gasteiger partial charge < -0.3 is 24.2 Å². The molecule has 6 rings (SSSR count). The van der Waals surface area contributed by atoms with Crippen molar-refractivity contribution in [2.45, 2.75) is 95.7 Å². The number of ether oxygens (including phenoxy) is 2. The first-order valence-electron chi connectivity index (χ1n) is 15.1. The molecule has 7 atom stereocenters. The molecule has 1 aliphatic carbocycles. The fourth-order valence-corrected chi connectivity index (χ4v) is 7.55. The quantitative estimate of drug-likeness (QED) is 0.169. The van der Waals surface area contributed by atoms with E-state index in [4.69, 9.17) is 18.5 Å². The highest BCUT2D eigenvalue weighted by Gasteiger charge is 2.49. The number of carbonyl (C=O) groups is 1. The highest BCUT2D eigenvalue weighted by Crippen LogP contribution is 2.49. The third-order valence-electron chi connectivity index (χ3n) is 8.22. The van der Waals surface area contributed by atoms with Crippen molar-refractivity contribution in [3.63, 3.8) is 0 Å². The Balaban J connectivity index is 1.24. The second-order valence-electron chi connectivity index (χ2n) is 11.5. The van der Waals surface area contributed by atoms with Gasteiger partial charge in [-0.1, -0.05) is 12.5 Å². The van der Waals surface area contributed by atoms with Gasteiger partial charge in [0.25, 0.3) is 0 Å². The molecule has 45 heavy (non-hydrogen) atoms. The van der Waals surface area contributed by atoms with Crippen LogP contribution in [-0.4, -0.2) is 77.2 Å². The highest BCUT2D eigenvalue weighted by atomic mass is 31.2. The van der Waals surface area contributed by atoms with E-state index in [9.17, 15) is 19.6 Å². The van der Waals surface area contributed by atoms with Gasteiger partial charge in [0.05, 0.1) is 23.6 Å². The number of rotatable bonds is 10. The summed E-state index contributed by atoms with van der Waals surface area (Å²) in [5, 5.41) is 25.4. The Bertz CT molecular complexity index is 1710. The molecule has 4 heterocycles. The minimum atomic E-state index is -4.38. The van der Waals surface area contributed by atoms with Crippen molar-refractivity contribution in [1.82, 2.24) is 29.6 Å². The molecule has 2 aliphatic rings. The predicted molar refractivity (Wildman–Crippen MR) is 162 cm³/mol. The average Bonchev–Trinajstić information content (AvgIpc) is 3.59. The maximum Gasteiger partial charge on any atom is 0.459 e. The summed E-state index contributed by atoms with van der Waals surface area (Å²) in [4.78, 5) is 30.1. The van der Waals surface area contributed by atoms with Crippen LogP contribution < -0.4 is 9.61 Å². The summed E-state index contributed by atoms with van der Waals surface area (Å²) in [6.07, 6.45) is 2.73. The molecule has 240 valence electrons. The van der Waals surface area contributed by atoms with E-state index in [0.29, 0.717) is 27.8 Å². The van der Waals surface area contributed by atoms with Crippen molar-refractivity contribution in [2.24, 2.45) is 0 Å². The summed E-state index contributed by atoms with van der Waals surface area (Å²) in [6.45, 7) is 4.84. The van der Waals surface area contributed by atoms with Crippen LogP contribution in [0, 0.1) is 6.92 Å². The second-order valence-corrected chi connectivity index (χ2v) is 13.2. The van der Waals surface area contributed by atoms with Gasteiger partial charge in [0.2, 0.25) is 0 Å². The zero-order valence-electron chi connectivity index (χ0n) is 25.2. The van der Waals surface area contributed by atoms with Crippen LogP contribution in [-0.2, 0) is 23.4 Å². The molecular formula is C30H37N6O8P. The van der Waals surface area contributed by atoms with Crippen LogP contribution in [0.2, 0.25) is 0 Å². The minimum absolute atomic E-state index is 0.200. The summed E-state index contributed by atoms with van der Waals surface area (Å²) < 4.78 is 39.8. The Kier molecular flexibility index (Phi) is 9.14. The molecule has 1 aliphatic heterocycles. The predicted octanol–water partition coefficient (Wildman–Crippen LogP) is 3.75. The number of nitrogens with one attached hydrogen (secondary N) is 1. The van der Waals surface area contributed by atoms with Gasteiger partial charge >= 0.3 is 13.7 Å². The van der Waals surface area contributed by atoms with Crippen molar-refractivity contribution >= 4 is 35.8 Å². The van der Waals surface area contributed by atoms with Crippen LogP contribution in [0.3, 0.4) is 0 Å². The largest absolute Gasteiger partial charge is 0.461 e. The summed E-state index contributed by atoms with van der Waals surface area (Å²) in [7, 11) is -4.38. The Morgan fingerprint density at radius 3 is 2.67 bits per heavy atom. The lowest BCUT2D eigenvalue weighted by Crippen LogP contribution is -2.41. The smallest absolute Gasteiger partial charge is 0.459 e. The summed E-state index contributed by atoms with van der Waals surface area (Å²) >= 11 is 0. The lowest BCUT2D eigenvalue weighted by Gasteiger charge is -2.29. The van der Waals surface area contributed by atoms with Crippen LogP contribution >= 0.6 is 7.75 Å². The molecule has 5 unspecified atom stereocenters. The molecular weight excluding hydrogens is 603 g/mol. The van der Waals surface area contributed by atoms with Gasteiger partial charge in [-0.15, -0.1) is 0 Å². The Labute approximate surface area is 259 Å². The van der Waals surface area contributed by atoms with E-state index in [1.807, 2.05) is 0 Å². The van der Waals surface area contributed by atoms with E-state index in [1.54, 1.807) is 43.5 Å². The van der Waals surface area contributed by atoms with Crippen molar-refractivity contribution in [2.75, 3.05) is 0 Å². The fourth-order valence-electron chi connectivity index (χ4n) is 5.84. The SMILES string of the molecule is Cc1ncnc2c1ncn2C1OC(C(C)OP(=O)(NC(C)C(=O)OC2CCCCC2)Oc2cccc3ncccc23)[C@@H](O)[C@H]1O. The van der Waals surface area contributed by atoms with Crippen molar-refractivity contribution < 1.29 is 38.1 Å². The van der Waals surface area contributed by atoms with Gasteiger partial charge in [0, 0.05) is 11.6 Å². The number of carbonyl (C=O) groups excluding carboxylic acids is 1. The lowest BCUT2D eigenvalue weighted by atomic mass is 9.98. The average molecular weight is 641 g/mol. The monoisotopic (exact) mass is 640 g/mol. The number of aryl methyl sites for hydroxylation is 1. The number of hydrogen-bond acceptors (Lipinski definition) is 12. The van der Waals surface area contributed by atoms with Crippen molar-refractivity contribution in [1.29, 1.82) is 0 Å². The minimum Gasteiger partial charge on any atom is -0.461 e. The summed E-state index contributed by atoms with van der Waals surface area (Å²) in [5.41, 5.74) is 2.19. The molecule has 0 spiro atoms. The third kappa shape index (κ3) is 6.57. The second kappa shape index (κ2) is 13.1. The molecule has 14 nitrogen and oxygen atoms in total. The topological polar surface area (TPSA) is 180 Å². The molecule has 1 saturated heterocycles. The molecule has 3 aromatic heterocycles. The maximum atomic E-state index is 14.5. The molecule has 3 N–H and O–H groups in total. The molecule has 1 aromatic carbocycles. The fraction of sp³-hybridized carbons (Fsp3) is 0.500. The van der Waals surface area contributed by atoms with E-state index in [0.717, 1.165) is 32.1 Å². The molecule has 4 aromatic rings. The number of aliphatic hydroxyl groups excluding tert-OH is 2. The number of fused-ring (bicyclic) bond motifs is 2. The highest BCUT2D eigenvalue weighted by molar-refractivity contribution is 7.52. The first kappa shape index (κ1) is 31.5. The van der Waals surface area contributed by atoms with Crippen LogP contribution in [0.15, 0.2) is 49.2 Å². The van der Waals surface area contributed by atoms with Crippen LogP contribution in [0.5, 0.6) is 5.75 Å². The number of benzene rings is 1. The van der Waals surface area contributed by atoms with Crippen molar-refractivity contribution in [3.05, 3.63) is 54.9 Å². The number of aromatic nitrogens is 5. The first-order valence-corrected chi connectivity index (χ1v) is 16.6. The molecule has 15 heteroatoms. The van der Waals surface area contributed by atoms with Gasteiger partial charge in [-0.3, -0.25) is 18.9 Å². The molecule has 0 radical (unpaired) electrons. The Morgan fingerprint density at radius 1 is 1.07 bits per heavy atom. The Morgan fingerprint density at radius 2 is 1.87 bits per heavy atom. The standard InChI is InChI=1S/C30H37N6O8P/c1-17-24-28(33-15-32-17)36(16-34-24)29-26(38)25(37)27(42-29)19(3)43-45(40,35-18(2)30(39)41-20-9-5-4-6-10-20)44-23-13-7-12-22-21(23)11-8-14-31-22/h7-8,11-16,18-20,25-27,29,37-38H,4-6,9-10H2,1-3H3,(H,35,40)/t18?,19?,25-,26+,27?,29?,45?/m0/s1. The van der Waals surface area contributed by atoms with E-state index < -0.39 is 50.4 Å². The number of aliphatic hydroxyl groups is 2. The molecule has 0 amide bonds. The van der Waals surface area contributed by atoms with Gasteiger partial charge in [-0.2, -0.15) is 5.09 Å². The van der Waals surface area contributed by atoms with E-state index in [2.05, 4.69) is 25.0 Å². The maximum absolute atomic E-state index is 14.5. The van der Waals surface area contributed by atoms with Crippen molar-refractivity contribution in [3.8, 4) is 5.75 Å². The lowest BCUT2D eigenvalue weighted by molar-refractivity contribution is -0.152. The number of esters is 1. The van der Waals surface area contributed by atoms with Gasteiger partial charge in [-0.25, -0.2) is 19.5 Å². The number of pyridine rings is 1. The third-order valence-corrected chi connectivity index (χ3v) is 9.97. The normalized spacial score (nSPS) is 25.2. The van der Waals surface area contributed by atoms with Crippen LogP contribution in [0.25, 0.3) is 22.1 Å². The first-order chi connectivity index (χ1) is 21.6. The zero-order chi connectivity index (χ0) is 31.7. The summed E-state index contributed by atoms with van der Waals surface area (Å²) in [5.74, 6) is -0.374. The van der Waals surface area contributed by atoms with Crippen LogP contribution in [0.4, 0.5) is 0 Å². The van der Waals surface area contributed by atoms with E-state index in [1.165, 1.54) is 31.1 Å².